The molecule has 0 saturated heterocycles. The summed E-state index contributed by atoms with van der Waals surface area (Å²) in [5.41, 5.74) is 1.74. The molecule has 0 fully saturated rings. The molecule has 0 unspecified atom stereocenters. The smallest absolute Gasteiger partial charge is 0.201 e. The van der Waals surface area contributed by atoms with Gasteiger partial charge in [0.1, 0.15) is 0 Å². The van der Waals surface area contributed by atoms with Crippen molar-refractivity contribution in [2.75, 3.05) is 14.2 Å². The van der Waals surface area contributed by atoms with Crippen molar-refractivity contribution in [1.82, 2.24) is 0 Å². The lowest BCUT2D eigenvalue weighted by Gasteiger charge is -2.15. The minimum Gasteiger partial charge on any atom is -0.502 e. The maximum absolute atomic E-state index is 11.3. The summed E-state index contributed by atoms with van der Waals surface area (Å²) in [6.07, 6.45) is 0.715. The van der Waals surface area contributed by atoms with E-state index in [0.717, 1.165) is 5.56 Å². The van der Waals surface area contributed by atoms with Crippen molar-refractivity contribution in [3.63, 3.8) is 0 Å². The number of phenolic OH excluding ortho intramolecular Hbond substituents is 1. The molecule has 4 heteroatoms. The summed E-state index contributed by atoms with van der Waals surface area (Å²) >= 11 is 0. The van der Waals surface area contributed by atoms with Crippen LogP contribution in [0, 0.1) is 0 Å². The molecule has 2 aromatic carbocycles. The van der Waals surface area contributed by atoms with Gasteiger partial charge in [-0.1, -0.05) is 30.3 Å². The van der Waals surface area contributed by atoms with E-state index in [4.69, 9.17) is 9.47 Å². The van der Waals surface area contributed by atoms with Gasteiger partial charge in [0.05, 0.1) is 14.2 Å². The molecule has 0 saturated carbocycles. The van der Waals surface area contributed by atoms with E-state index in [-0.39, 0.29) is 17.2 Å². The molecule has 0 spiro atoms. The van der Waals surface area contributed by atoms with E-state index in [1.807, 2.05) is 30.3 Å². The fourth-order valence-electron chi connectivity index (χ4n) is 1.99. The molecule has 0 radical (unpaired) electrons. The summed E-state index contributed by atoms with van der Waals surface area (Å²) < 4.78 is 10.3. The number of aromatic hydroxyl groups is 1. The number of phenols is 1. The fraction of sp³-hybridized carbons (Fsp3) is 0.133. The topological polar surface area (TPSA) is 55.8 Å². The number of carbonyl (C=O) groups excluding carboxylic acids is 1. The van der Waals surface area contributed by atoms with Gasteiger partial charge < -0.3 is 14.6 Å². The van der Waals surface area contributed by atoms with E-state index in [1.165, 1.54) is 20.3 Å². The van der Waals surface area contributed by atoms with E-state index in [9.17, 15) is 9.90 Å². The van der Waals surface area contributed by atoms with Crippen LogP contribution in [-0.4, -0.2) is 25.6 Å². The van der Waals surface area contributed by atoms with Gasteiger partial charge in [0.15, 0.2) is 17.8 Å². The second-order valence-electron chi connectivity index (χ2n) is 3.91. The molecule has 98 valence electrons. The Kier molecular flexibility index (Phi) is 3.71. The predicted octanol–water partition coefficient (Wildman–Crippen LogP) is 2.89. The standard InChI is InChI=1S/C15H14O4/c1-18-12-8-11(9-16)13(15(19-2)14(12)17)10-6-4-3-5-7-10/h3-9,17H,1-2H3. The van der Waals surface area contributed by atoms with Crippen LogP contribution < -0.4 is 9.47 Å². The third-order valence-electron chi connectivity index (χ3n) is 2.86. The van der Waals surface area contributed by atoms with Crippen molar-refractivity contribution in [3.05, 3.63) is 42.0 Å². The first-order valence-electron chi connectivity index (χ1n) is 5.71. The highest BCUT2D eigenvalue weighted by atomic mass is 16.5. The lowest BCUT2D eigenvalue weighted by molar-refractivity contribution is 0.112. The molecule has 4 nitrogen and oxygen atoms in total. The molecule has 0 aliphatic rings. The number of methoxy groups -OCH3 is 2. The summed E-state index contributed by atoms with van der Waals surface area (Å²) in [7, 11) is 2.86. The fourth-order valence-corrected chi connectivity index (χ4v) is 1.99. The number of ether oxygens (including phenoxy) is 2. The summed E-state index contributed by atoms with van der Waals surface area (Å²) in [5, 5.41) is 10.1. The van der Waals surface area contributed by atoms with Gasteiger partial charge >= 0.3 is 0 Å². The summed E-state index contributed by atoms with van der Waals surface area (Å²) in [6.45, 7) is 0. The van der Waals surface area contributed by atoms with E-state index in [1.54, 1.807) is 0 Å². The Balaban J connectivity index is 2.78. The first-order chi connectivity index (χ1) is 9.22. The zero-order valence-electron chi connectivity index (χ0n) is 10.7. The summed E-state index contributed by atoms with van der Waals surface area (Å²) in [4.78, 5) is 11.3. The molecule has 1 N–H and O–H groups in total. The van der Waals surface area contributed by atoms with Gasteiger partial charge in [0.25, 0.3) is 0 Å². The maximum Gasteiger partial charge on any atom is 0.201 e. The molecule has 0 bridgehead atoms. The normalized spacial score (nSPS) is 10.0. The molecule has 0 aliphatic carbocycles. The third-order valence-corrected chi connectivity index (χ3v) is 2.86. The first-order valence-corrected chi connectivity index (χ1v) is 5.71. The SMILES string of the molecule is COc1cc(C=O)c(-c2ccccc2)c(OC)c1O. The lowest BCUT2D eigenvalue weighted by atomic mass is 9.98. The van der Waals surface area contributed by atoms with E-state index in [0.29, 0.717) is 17.4 Å². The molecule has 19 heavy (non-hydrogen) atoms. The maximum atomic E-state index is 11.3. The Morgan fingerprint density at radius 1 is 1.11 bits per heavy atom. The minimum absolute atomic E-state index is 0.116. The Morgan fingerprint density at radius 3 is 2.32 bits per heavy atom. The van der Waals surface area contributed by atoms with Gasteiger partial charge in [-0.25, -0.2) is 0 Å². The summed E-state index contributed by atoms with van der Waals surface area (Å²) in [5.74, 6) is 0.320. The molecular weight excluding hydrogens is 244 g/mol. The number of hydrogen-bond acceptors (Lipinski definition) is 4. The monoisotopic (exact) mass is 258 g/mol. The van der Waals surface area contributed by atoms with Crippen LogP contribution in [0.1, 0.15) is 10.4 Å². The largest absolute Gasteiger partial charge is 0.502 e. The average Bonchev–Trinajstić information content (AvgIpc) is 2.47. The van der Waals surface area contributed by atoms with E-state index >= 15 is 0 Å². The predicted molar refractivity (Wildman–Crippen MR) is 72.0 cm³/mol. The van der Waals surface area contributed by atoms with Crippen LogP contribution >= 0.6 is 0 Å². The van der Waals surface area contributed by atoms with Crippen molar-refractivity contribution < 1.29 is 19.4 Å². The van der Waals surface area contributed by atoms with Gasteiger partial charge in [-0.15, -0.1) is 0 Å². The van der Waals surface area contributed by atoms with Gasteiger partial charge in [-0.2, -0.15) is 0 Å². The van der Waals surface area contributed by atoms with Crippen LogP contribution in [0.2, 0.25) is 0 Å². The zero-order valence-corrected chi connectivity index (χ0v) is 10.7. The highest BCUT2D eigenvalue weighted by Gasteiger charge is 2.20. The Morgan fingerprint density at radius 2 is 1.79 bits per heavy atom. The van der Waals surface area contributed by atoms with Crippen LogP contribution in [0.25, 0.3) is 11.1 Å². The van der Waals surface area contributed by atoms with Crippen LogP contribution in [0.3, 0.4) is 0 Å². The average molecular weight is 258 g/mol. The molecule has 0 aliphatic heterocycles. The Hall–Kier alpha value is -2.49. The van der Waals surface area contributed by atoms with Crippen molar-refractivity contribution in [2.24, 2.45) is 0 Å². The second kappa shape index (κ2) is 5.44. The molecule has 2 aromatic rings. The summed E-state index contributed by atoms with van der Waals surface area (Å²) in [6, 6.07) is 10.8. The zero-order chi connectivity index (χ0) is 13.8. The molecule has 0 amide bonds. The Bertz CT molecular complexity index is 591. The van der Waals surface area contributed by atoms with Crippen LogP contribution in [0.5, 0.6) is 17.2 Å². The number of carbonyl (C=O) groups is 1. The van der Waals surface area contributed by atoms with E-state index in [2.05, 4.69) is 0 Å². The minimum atomic E-state index is -0.116. The van der Waals surface area contributed by atoms with E-state index < -0.39 is 0 Å². The van der Waals surface area contributed by atoms with Crippen LogP contribution in [0.4, 0.5) is 0 Å². The third kappa shape index (κ3) is 2.25. The van der Waals surface area contributed by atoms with Crippen LogP contribution in [0.15, 0.2) is 36.4 Å². The molecular formula is C15H14O4. The number of benzene rings is 2. The first kappa shape index (κ1) is 13.0. The van der Waals surface area contributed by atoms with Crippen molar-refractivity contribution in [1.29, 1.82) is 0 Å². The van der Waals surface area contributed by atoms with Gasteiger partial charge in [0, 0.05) is 11.1 Å². The molecule has 0 atom stereocenters. The van der Waals surface area contributed by atoms with Gasteiger partial charge in [-0.3, -0.25) is 4.79 Å². The second-order valence-corrected chi connectivity index (χ2v) is 3.91. The molecule has 0 heterocycles. The van der Waals surface area contributed by atoms with Gasteiger partial charge in [0.2, 0.25) is 5.75 Å². The Labute approximate surface area is 111 Å². The van der Waals surface area contributed by atoms with Crippen LogP contribution in [-0.2, 0) is 0 Å². The van der Waals surface area contributed by atoms with Gasteiger partial charge in [-0.05, 0) is 11.6 Å². The molecule has 2 rings (SSSR count). The quantitative estimate of drug-likeness (QED) is 0.857. The van der Waals surface area contributed by atoms with Crippen molar-refractivity contribution >= 4 is 6.29 Å². The highest BCUT2D eigenvalue weighted by Crippen LogP contribution is 2.45. The number of aldehydes is 1. The van der Waals surface area contributed by atoms with Crippen molar-refractivity contribution in [2.45, 2.75) is 0 Å². The number of hydrogen-bond donors (Lipinski definition) is 1. The molecule has 0 aromatic heterocycles. The highest BCUT2D eigenvalue weighted by molar-refractivity contribution is 5.93. The number of rotatable bonds is 4. The lowest BCUT2D eigenvalue weighted by Crippen LogP contribution is -1.97. The van der Waals surface area contributed by atoms with Crippen molar-refractivity contribution in [3.8, 4) is 28.4 Å².